The van der Waals surface area contributed by atoms with Crippen LogP contribution in [0.2, 0.25) is 0 Å². The molecule has 1 aliphatic heterocycles. The van der Waals surface area contributed by atoms with Gasteiger partial charge in [0.1, 0.15) is 0 Å². The Kier molecular flexibility index (Phi) is 2.74. The summed E-state index contributed by atoms with van der Waals surface area (Å²) in [6, 6.07) is 11.5. The molecule has 0 N–H and O–H groups in total. The number of allylic oxidation sites excluding steroid dienone is 1. The topological polar surface area (TPSA) is 9.23 Å². The Morgan fingerprint density at radius 2 is 1.60 bits per heavy atom. The Labute approximate surface area is 112 Å². The fraction of sp³-hybridized carbons (Fsp3) is 0.200. The van der Waals surface area contributed by atoms with Gasteiger partial charge in [-0.1, -0.05) is 36.4 Å². The summed E-state index contributed by atoms with van der Waals surface area (Å²) in [5.41, 5.74) is 0.0257. The van der Waals surface area contributed by atoms with E-state index in [0.717, 1.165) is 5.39 Å². The summed E-state index contributed by atoms with van der Waals surface area (Å²) in [5, 5.41) is 1.54. The van der Waals surface area contributed by atoms with Crippen LogP contribution in [0.25, 0.3) is 10.8 Å². The summed E-state index contributed by atoms with van der Waals surface area (Å²) in [5.74, 6) is -8.51. The lowest BCUT2D eigenvalue weighted by molar-refractivity contribution is -0.245. The van der Waals surface area contributed by atoms with Gasteiger partial charge in [-0.05, 0) is 22.4 Å². The second kappa shape index (κ2) is 4.23. The molecular formula is C15H10F4O. The van der Waals surface area contributed by atoms with Crippen LogP contribution < -0.4 is 0 Å². The molecule has 1 atom stereocenters. The van der Waals surface area contributed by atoms with Gasteiger partial charge in [0.15, 0.2) is 6.10 Å². The summed E-state index contributed by atoms with van der Waals surface area (Å²) in [7, 11) is 0. The van der Waals surface area contributed by atoms with Crippen LogP contribution >= 0.6 is 0 Å². The van der Waals surface area contributed by atoms with Crippen molar-refractivity contribution in [2.45, 2.75) is 17.9 Å². The van der Waals surface area contributed by atoms with Crippen LogP contribution in [0, 0.1) is 0 Å². The molecule has 0 spiro atoms. The molecule has 3 rings (SSSR count). The molecule has 0 aromatic heterocycles. The zero-order valence-electron chi connectivity index (χ0n) is 10.2. The van der Waals surface area contributed by atoms with Gasteiger partial charge in [0.05, 0.1) is 6.26 Å². The van der Waals surface area contributed by atoms with Gasteiger partial charge < -0.3 is 4.74 Å². The van der Waals surface area contributed by atoms with Gasteiger partial charge in [-0.25, -0.2) is 0 Å². The number of halogens is 4. The average molecular weight is 282 g/mol. The summed E-state index contributed by atoms with van der Waals surface area (Å²) in [6.07, 6.45) is -1.27. The third-order valence-corrected chi connectivity index (χ3v) is 3.34. The predicted molar refractivity (Wildman–Crippen MR) is 66.8 cm³/mol. The first kappa shape index (κ1) is 13.0. The Morgan fingerprint density at radius 1 is 0.900 bits per heavy atom. The number of benzene rings is 2. The van der Waals surface area contributed by atoms with E-state index in [1.54, 1.807) is 18.2 Å². The minimum Gasteiger partial charge on any atom is -0.487 e. The molecule has 1 nitrogen and oxygen atoms in total. The molecule has 1 heterocycles. The molecule has 0 fully saturated rings. The van der Waals surface area contributed by atoms with Crippen molar-refractivity contribution in [1.29, 1.82) is 0 Å². The Morgan fingerprint density at radius 3 is 2.35 bits per heavy atom. The van der Waals surface area contributed by atoms with Crippen molar-refractivity contribution in [2.75, 3.05) is 0 Å². The zero-order chi connectivity index (χ0) is 14.4. The Bertz CT molecular complexity index is 678. The van der Waals surface area contributed by atoms with E-state index in [2.05, 4.69) is 0 Å². The lowest BCUT2D eigenvalue weighted by Crippen LogP contribution is -2.46. The van der Waals surface area contributed by atoms with Gasteiger partial charge in [-0.3, -0.25) is 0 Å². The van der Waals surface area contributed by atoms with Gasteiger partial charge in [0, 0.05) is 6.08 Å². The van der Waals surface area contributed by atoms with E-state index >= 15 is 0 Å². The fourth-order valence-corrected chi connectivity index (χ4v) is 2.23. The molecule has 0 aliphatic carbocycles. The lowest BCUT2D eigenvalue weighted by Gasteiger charge is -2.34. The first-order valence-electron chi connectivity index (χ1n) is 5.99. The van der Waals surface area contributed by atoms with E-state index < -0.39 is 17.9 Å². The molecule has 0 amide bonds. The van der Waals surface area contributed by atoms with Crippen molar-refractivity contribution >= 4 is 10.8 Å². The number of fused-ring (bicyclic) bond motifs is 1. The van der Waals surface area contributed by atoms with E-state index in [9.17, 15) is 17.6 Å². The monoisotopic (exact) mass is 282 g/mol. The maximum atomic E-state index is 13.8. The van der Waals surface area contributed by atoms with Crippen LogP contribution in [-0.2, 0) is 4.74 Å². The molecule has 2 aromatic rings. The highest BCUT2D eigenvalue weighted by Gasteiger charge is 2.63. The van der Waals surface area contributed by atoms with Crippen LogP contribution in [0.5, 0.6) is 0 Å². The summed E-state index contributed by atoms with van der Waals surface area (Å²) in [4.78, 5) is 0. The van der Waals surface area contributed by atoms with E-state index in [0.29, 0.717) is 11.6 Å². The highest BCUT2D eigenvalue weighted by atomic mass is 19.3. The smallest absolute Gasteiger partial charge is 0.353 e. The predicted octanol–water partition coefficient (Wildman–Crippen LogP) is 4.70. The second-order valence-electron chi connectivity index (χ2n) is 4.67. The summed E-state index contributed by atoms with van der Waals surface area (Å²) < 4.78 is 59.0. The van der Waals surface area contributed by atoms with Gasteiger partial charge in [-0.15, -0.1) is 0 Å². The standard InChI is InChI=1S/C15H10F4O/c16-14(17)7-8-20-13(15(14,18)19)12-6-5-10-3-1-2-4-11(10)9-12/h1-9,13H. The molecule has 2 aromatic carbocycles. The zero-order valence-corrected chi connectivity index (χ0v) is 10.2. The number of hydrogen-bond donors (Lipinski definition) is 0. The molecule has 0 saturated carbocycles. The van der Waals surface area contributed by atoms with Crippen LogP contribution in [0.4, 0.5) is 17.6 Å². The van der Waals surface area contributed by atoms with Crippen molar-refractivity contribution in [1.82, 2.24) is 0 Å². The van der Waals surface area contributed by atoms with E-state index in [-0.39, 0.29) is 11.6 Å². The third-order valence-electron chi connectivity index (χ3n) is 3.34. The van der Waals surface area contributed by atoms with Crippen LogP contribution in [0.1, 0.15) is 11.7 Å². The van der Waals surface area contributed by atoms with E-state index in [4.69, 9.17) is 4.74 Å². The summed E-state index contributed by atoms with van der Waals surface area (Å²) >= 11 is 0. The van der Waals surface area contributed by atoms with Crippen molar-refractivity contribution in [3.8, 4) is 0 Å². The molecule has 20 heavy (non-hydrogen) atoms. The number of alkyl halides is 4. The average Bonchev–Trinajstić information content (AvgIpc) is 2.41. The minimum absolute atomic E-state index is 0.0257. The maximum Gasteiger partial charge on any atom is 0.353 e. The van der Waals surface area contributed by atoms with Crippen molar-refractivity contribution < 1.29 is 22.3 Å². The summed E-state index contributed by atoms with van der Waals surface area (Å²) in [6.45, 7) is 0. The van der Waals surface area contributed by atoms with Gasteiger partial charge in [0.2, 0.25) is 0 Å². The number of rotatable bonds is 1. The quantitative estimate of drug-likeness (QED) is 0.689. The molecule has 0 saturated heterocycles. The molecule has 104 valence electrons. The van der Waals surface area contributed by atoms with E-state index in [1.165, 1.54) is 12.1 Å². The minimum atomic E-state index is -4.29. The molecule has 1 unspecified atom stereocenters. The van der Waals surface area contributed by atoms with Gasteiger partial charge in [0.25, 0.3) is 0 Å². The largest absolute Gasteiger partial charge is 0.487 e. The lowest BCUT2D eigenvalue weighted by atomic mass is 9.95. The Hall–Kier alpha value is -2.04. The highest BCUT2D eigenvalue weighted by molar-refractivity contribution is 5.83. The Balaban J connectivity index is 2.09. The molecule has 5 heteroatoms. The van der Waals surface area contributed by atoms with Crippen molar-refractivity contribution in [3.05, 3.63) is 60.4 Å². The van der Waals surface area contributed by atoms with Gasteiger partial charge >= 0.3 is 11.8 Å². The second-order valence-corrected chi connectivity index (χ2v) is 4.67. The van der Waals surface area contributed by atoms with Crippen molar-refractivity contribution in [3.63, 3.8) is 0 Å². The SMILES string of the molecule is FC1(F)C=COC(c2ccc3ccccc3c2)C1(F)F. The van der Waals surface area contributed by atoms with Crippen LogP contribution in [0.15, 0.2) is 54.8 Å². The molecule has 0 bridgehead atoms. The van der Waals surface area contributed by atoms with E-state index in [1.807, 2.05) is 12.1 Å². The highest BCUT2D eigenvalue weighted by Crippen LogP contribution is 2.49. The van der Waals surface area contributed by atoms with Crippen LogP contribution in [0.3, 0.4) is 0 Å². The molecule has 0 radical (unpaired) electrons. The number of hydrogen-bond acceptors (Lipinski definition) is 1. The van der Waals surface area contributed by atoms with Gasteiger partial charge in [-0.2, -0.15) is 17.6 Å². The van der Waals surface area contributed by atoms with Crippen LogP contribution in [-0.4, -0.2) is 11.8 Å². The molecule has 1 aliphatic rings. The first-order chi connectivity index (χ1) is 9.42. The van der Waals surface area contributed by atoms with Crippen molar-refractivity contribution in [2.24, 2.45) is 0 Å². The normalized spacial score (nSPS) is 23.5. The first-order valence-corrected chi connectivity index (χ1v) is 5.99. The third kappa shape index (κ3) is 1.85. The fourth-order valence-electron chi connectivity index (χ4n) is 2.23. The number of ether oxygens (including phenoxy) is 1. The molecular weight excluding hydrogens is 272 g/mol. The maximum absolute atomic E-state index is 13.8.